The zero-order chi connectivity index (χ0) is 18.6. The fourth-order valence-corrected chi connectivity index (χ4v) is 3.08. The lowest BCUT2D eigenvalue weighted by atomic mass is 10.1. The molecule has 25 heavy (non-hydrogen) atoms. The van der Waals surface area contributed by atoms with Crippen molar-refractivity contribution in [2.24, 2.45) is 5.14 Å². The Kier molecular flexibility index (Phi) is 5.78. The van der Waals surface area contributed by atoms with Crippen molar-refractivity contribution in [1.29, 1.82) is 0 Å². The summed E-state index contributed by atoms with van der Waals surface area (Å²) in [7, 11) is -4.06. The highest BCUT2D eigenvalue weighted by Crippen LogP contribution is 2.22. The Balaban J connectivity index is 2.26. The molecule has 0 radical (unpaired) electrons. The number of esters is 1. The SMILES string of the molecule is CCOC(=O)c1cccc(NC(=O)c2ccc(Cl)c(S(N)(=O)=O)c2)c1. The van der Waals surface area contributed by atoms with E-state index in [1.807, 2.05) is 0 Å². The fraction of sp³-hybridized carbons (Fsp3) is 0.125. The lowest BCUT2D eigenvalue weighted by Gasteiger charge is -2.09. The summed E-state index contributed by atoms with van der Waals surface area (Å²) in [5, 5.41) is 7.55. The number of sulfonamides is 1. The molecule has 0 spiro atoms. The summed E-state index contributed by atoms with van der Waals surface area (Å²) in [6, 6.07) is 9.88. The van der Waals surface area contributed by atoms with Crippen molar-refractivity contribution < 1.29 is 22.7 Å². The van der Waals surface area contributed by atoms with Gasteiger partial charge in [-0.15, -0.1) is 0 Å². The van der Waals surface area contributed by atoms with Gasteiger partial charge in [0.25, 0.3) is 5.91 Å². The molecule has 0 aliphatic rings. The normalized spacial score (nSPS) is 11.0. The number of rotatable bonds is 5. The van der Waals surface area contributed by atoms with Gasteiger partial charge in [-0.2, -0.15) is 0 Å². The largest absolute Gasteiger partial charge is 0.462 e. The van der Waals surface area contributed by atoms with E-state index in [0.717, 1.165) is 6.07 Å². The summed E-state index contributed by atoms with van der Waals surface area (Å²) in [5.74, 6) is -1.09. The van der Waals surface area contributed by atoms with Crippen LogP contribution in [0, 0.1) is 0 Å². The molecule has 0 saturated carbocycles. The van der Waals surface area contributed by atoms with Gasteiger partial charge in [0.2, 0.25) is 10.0 Å². The molecule has 0 unspecified atom stereocenters. The van der Waals surface area contributed by atoms with Gasteiger partial charge in [0.05, 0.1) is 17.2 Å². The third-order valence-corrected chi connectivity index (χ3v) is 4.52. The Morgan fingerprint density at radius 3 is 2.52 bits per heavy atom. The van der Waals surface area contributed by atoms with Crippen molar-refractivity contribution in [3.63, 3.8) is 0 Å². The maximum absolute atomic E-state index is 12.3. The molecule has 7 nitrogen and oxygen atoms in total. The minimum absolute atomic E-state index is 0.0509. The van der Waals surface area contributed by atoms with Gasteiger partial charge < -0.3 is 10.1 Å². The standard InChI is InChI=1S/C16H15ClN2O5S/c1-2-24-16(21)11-4-3-5-12(8-11)19-15(20)10-6-7-13(17)14(9-10)25(18,22)23/h3-9H,2H2,1H3,(H,19,20)(H2,18,22,23). The van der Waals surface area contributed by atoms with E-state index in [1.54, 1.807) is 25.1 Å². The molecule has 2 aromatic rings. The maximum atomic E-state index is 12.3. The summed E-state index contributed by atoms with van der Waals surface area (Å²) in [6.07, 6.45) is 0. The minimum atomic E-state index is -4.06. The van der Waals surface area contributed by atoms with Crippen LogP contribution in [0.3, 0.4) is 0 Å². The highest BCUT2D eigenvalue weighted by molar-refractivity contribution is 7.89. The molecule has 0 bridgehead atoms. The first-order valence-electron chi connectivity index (χ1n) is 7.13. The molecule has 0 atom stereocenters. The first-order valence-corrected chi connectivity index (χ1v) is 9.05. The first kappa shape index (κ1) is 18.9. The molecule has 1 amide bonds. The van der Waals surface area contributed by atoms with Crippen molar-refractivity contribution in [2.75, 3.05) is 11.9 Å². The van der Waals surface area contributed by atoms with E-state index in [0.29, 0.717) is 5.69 Å². The second-order valence-electron chi connectivity index (χ2n) is 4.95. The van der Waals surface area contributed by atoms with E-state index in [1.165, 1.54) is 18.2 Å². The Labute approximate surface area is 149 Å². The molecular formula is C16H15ClN2O5S. The molecular weight excluding hydrogens is 368 g/mol. The van der Waals surface area contributed by atoms with Crippen molar-refractivity contribution in [2.45, 2.75) is 11.8 Å². The molecule has 2 aromatic carbocycles. The average molecular weight is 383 g/mol. The summed E-state index contributed by atoms with van der Waals surface area (Å²) < 4.78 is 27.8. The van der Waals surface area contributed by atoms with Gasteiger partial charge in [-0.3, -0.25) is 4.79 Å². The third-order valence-electron chi connectivity index (χ3n) is 3.13. The number of amides is 1. The van der Waals surface area contributed by atoms with Crippen LogP contribution in [0.4, 0.5) is 5.69 Å². The molecule has 9 heteroatoms. The number of carbonyl (C=O) groups excluding carboxylic acids is 2. The monoisotopic (exact) mass is 382 g/mol. The van der Waals surface area contributed by atoms with Gasteiger partial charge in [0.15, 0.2) is 0 Å². The Hall–Kier alpha value is -2.42. The first-order chi connectivity index (χ1) is 11.7. The number of nitrogens with two attached hydrogens (primary N) is 1. The number of hydrogen-bond acceptors (Lipinski definition) is 5. The molecule has 3 N–H and O–H groups in total. The van der Waals surface area contributed by atoms with E-state index in [9.17, 15) is 18.0 Å². The number of anilines is 1. The highest BCUT2D eigenvalue weighted by Gasteiger charge is 2.17. The van der Waals surface area contributed by atoms with Crippen molar-refractivity contribution in [1.82, 2.24) is 0 Å². The van der Waals surface area contributed by atoms with Crippen LogP contribution in [-0.2, 0) is 14.8 Å². The van der Waals surface area contributed by atoms with Crippen LogP contribution in [0.5, 0.6) is 0 Å². The summed E-state index contributed by atoms with van der Waals surface area (Å²) in [6.45, 7) is 1.92. The molecule has 132 valence electrons. The van der Waals surface area contributed by atoms with E-state index in [4.69, 9.17) is 21.5 Å². The third kappa shape index (κ3) is 4.79. The van der Waals surface area contributed by atoms with Gasteiger partial charge in [0.1, 0.15) is 4.90 Å². The van der Waals surface area contributed by atoms with Crippen LogP contribution in [-0.4, -0.2) is 26.9 Å². The van der Waals surface area contributed by atoms with E-state index in [2.05, 4.69) is 5.32 Å². The predicted molar refractivity (Wildman–Crippen MR) is 93.2 cm³/mol. The van der Waals surface area contributed by atoms with Gasteiger partial charge in [-0.05, 0) is 43.3 Å². The smallest absolute Gasteiger partial charge is 0.338 e. The highest BCUT2D eigenvalue weighted by atomic mass is 35.5. The van der Waals surface area contributed by atoms with Crippen LogP contribution < -0.4 is 10.5 Å². The number of carbonyl (C=O) groups is 2. The predicted octanol–water partition coefficient (Wildman–Crippen LogP) is 2.42. The number of primary sulfonamides is 1. The summed E-state index contributed by atoms with van der Waals surface area (Å²) in [5.41, 5.74) is 0.679. The van der Waals surface area contributed by atoms with Crippen molar-refractivity contribution in [3.8, 4) is 0 Å². The van der Waals surface area contributed by atoms with Crippen molar-refractivity contribution >= 4 is 39.2 Å². The number of ether oxygens (including phenoxy) is 1. The number of halogens is 1. The summed E-state index contributed by atoms with van der Waals surface area (Å²) >= 11 is 5.79. The lowest BCUT2D eigenvalue weighted by Crippen LogP contribution is -2.16. The van der Waals surface area contributed by atoms with Crippen LogP contribution in [0.25, 0.3) is 0 Å². The van der Waals surface area contributed by atoms with E-state index in [-0.39, 0.29) is 27.7 Å². The molecule has 0 heterocycles. The summed E-state index contributed by atoms with van der Waals surface area (Å²) in [4.78, 5) is 23.7. The fourth-order valence-electron chi connectivity index (χ4n) is 2.00. The molecule has 0 aromatic heterocycles. The van der Waals surface area contributed by atoms with E-state index < -0.39 is 21.9 Å². The quantitative estimate of drug-likeness (QED) is 0.770. The van der Waals surface area contributed by atoms with Gasteiger partial charge >= 0.3 is 5.97 Å². The van der Waals surface area contributed by atoms with Crippen LogP contribution in [0.2, 0.25) is 5.02 Å². The molecule has 0 fully saturated rings. The second kappa shape index (κ2) is 7.64. The minimum Gasteiger partial charge on any atom is -0.462 e. The number of hydrogen-bond donors (Lipinski definition) is 2. The zero-order valence-electron chi connectivity index (χ0n) is 13.2. The van der Waals surface area contributed by atoms with E-state index >= 15 is 0 Å². The topological polar surface area (TPSA) is 116 Å². The Morgan fingerprint density at radius 2 is 1.88 bits per heavy atom. The number of benzene rings is 2. The van der Waals surface area contributed by atoms with Gasteiger partial charge in [-0.1, -0.05) is 17.7 Å². The van der Waals surface area contributed by atoms with Crippen molar-refractivity contribution in [3.05, 3.63) is 58.6 Å². The van der Waals surface area contributed by atoms with Gasteiger partial charge in [-0.25, -0.2) is 18.4 Å². The molecule has 0 aliphatic carbocycles. The molecule has 2 rings (SSSR count). The zero-order valence-corrected chi connectivity index (χ0v) is 14.7. The Morgan fingerprint density at radius 1 is 1.16 bits per heavy atom. The Bertz CT molecular complexity index is 928. The van der Waals surface area contributed by atoms with Crippen LogP contribution in [0.15, 0.2) is 47.4 Å². The van der Waals surface area contributed by atoms with Gasteiger partial charge in [0, 0.05) is 11.3 Å². The second-order valence-corrected chi connectivity index (χ2v) is 6.88. The van der Waals surface area contributed by atoms with Crippen LogP contribution in [0.1, 0.15) is 27.6 Å². The number of nitrogens with one attached hydrogen (secondary N) is 1. The lowest BCUT2D eigenvalue weighted by molar-refractivity contribution is 0.0526. The maximum Gasteiger partial charge on any atom is 0.338 e. The molecule has 0 saturated heterocycles. The average Bonchev–Trinajstić information content (AvgIpc) is 2.54. The molecule has 0 aliphatic heterocycles. The van der Waals surface area contributed by atoms with Crippen LogP contribution >= 0.6 is 11.6 Å².